The Bertz CT molecular complexity index is 784. The lowest BCUT2D eigenvalue weighted by Crippen LogP contribution is -2.41. The minimum Gasteiger partial charge on any atom is -0.466 e. The molecule has 1 aromatic carbocycles. The van der Waals surface area contributed by atoms with Gasteiger partial charge in [-0.1, -0.05) is 12.1 Å². The SMILES string of the molecule is CCOC(=O)C1CCN(C(=O)Cc2coc3c(C)c(C)ccc23)CC1. The highest BCUT2D eigenvalue weighted by molar-refractivity contribution is 5.89. The van der Waals surface area contributed by atoms with E-state index in [4.69, 9.17) is 9.15 Å². The molecular formula is C20H25NO4. The van der Waals surface area contributed by atoms with Crippen LogP contribution in [0.4, 0.5) is 0 Å². The summed E-state index contributed by atoms with van der Waals surface area (Å²) in [7, 11) is 0. The number of likely N-dealkylation sites (tertiary alicyclic amines) is 1. The van der Waals surface area contributed by atoms with E-state index in [1.165, 1.54) is 5.56 Å². The number of ether oxygens (including phenoxy) is 1. The average Bonchev–Trinajstić information content (AvgIpc) is 3.02. The summed E-state index contributed by atoms with van der Waals surface area (Å²) in [5.74, 6) is -0.131. The van der Waals surface area contributed by atoms with Crippen molar-refractivity contribution in [1.82, 2.24) is 4.90 Å². The predicted molar refractivity (Wildman–Crippen MR) is 95.3 cm³/mol. The second-order valence-corrected chi connectivity index (χ2v) is 6.73. The number of nitrogens with zero attached hydrogens (tertiary/aromatic N) is 1. The summed E-state index contributed by atoms with van der Waals surface area (Å²) < 4.78 is 10.8. The van der Waals surface area contributed by atoms with E-state index in [9.17, 15) is 9.59 Å². The third-order valence-corrected chi connectivity index (χ3v) is 5.15. The summed E-state index contributed by atoms with van der Waals surface area (Å²) in [5.41, 5.74) is 4.09. The maximum absolute atomic E-state index is 12.6. The molecule has 1 aromatic heterocycles. The highest BCUT2D eigenvalue weighted by atomic mass is 16.5. The van der Waals surface area contributed by atoms with Crippen molar-refractivity contribution in [2.24, 2.45) is 5.92 Å². The van der Waals surface area contributed by atoms with Gasteiger partial charge in [-0.3, -0.25) is 9.59 Å². The molecule has 1 aliphatic rings. The van der Waals surface area contributed by atoms with Gasteiger partial charge in [-0.15, -0.1) is 0 Å². The maximum Gasteiger partial charge on any atom is 0.309 e. The quantitative estimate of drug-likeness (QED) is 0.799. The van der Waals surface area contributed by atoms with Gasteiger partial charge in [0.25, 0.3) is 0 Å². The van der Waals surface area contributed by atoms with E-state index in [1.807, 2.05) is 24.8 Å². The number of piperidine rings is 1. The van der Waals surface area contributed by atoms with E-state index >= 15 is 0 Å². The van der Waals surface area contributed by atoms with Crippen molar-refractivity contribution < 1.29 is 18.7 Å². The molecule has 3 rings (SSSR count). The van der Waals surface area contributed by atoms with Crippen LogP contribution in [0.25, 0.3) is 11.0 Å². The van der Waals surface area contributed by atoms with E-state index in [1.54, 1.807) is 6.26 Å². The van der Waals surface area contributed by atoms with Crippen LogP contribution in [0, 0.1) is 19.8 Å². The van der Waals surface area contributed by atoms with Crippen molar-refractivity contribution in [3.63, 3.8) is 0 Å². The van der Waals surface area contributed by atoms with Gasteiger partial charge in [0.05, 0.1) is 25.2 Å². The standard InChI is InChI=1S/C20H25NO4/c1-4-24-20(23)15-7-9-21(10-8-15)18(22)11-16-12-25-19-14(3)13(2)5-6-17(16)19/h5-6,12,15H,4,7-11H2,1-3H3. The molecule has 0 spiro atoms. The van der Waals surface area contributed by atoms with E-state index in [2.05, 4.69) is 13.0 Å². The van der Waals surface area contributed by atoms with Crippen LogP contribution in [0.15, 0.2) is 22.8 Å². The fourth-order valence-electron chi connectivity index (χ4n) is 3.42. The van der Waals surface area contributed by atoms with Gasteiger partial charge in [0.15, 0.2) is 0 Å². The number of furan rings is 1. The molecule has 0 bridgehead atoms. The lowest BCUT2D eigenvalue weighted by atomic mass is 9.96. The van der Waals surface area contributed by atoms with Crippen LogP contribution in [-0.4, -0.2) is 36.5 Å². The van der Waals surface area contributed by atoms with Gasteiger partial charge in [-0.05, 0) is 44.7 Å². The number of hydrogen-bond donors (Lipinski definition) is 0. The first-order valence-electron chi connectivity index (χ1n) is 8.92. The van der Waals surface area contributed by atoms with Crippen LogP contribution in [0.1, 0.15) is 36.5 Å². The summed E-state index contributed by atoms with van der Waals surface area (Å²) in [4.78, 5) is 26.3. The number of carbonyl (C=O) groups excluding carboxylic acids is 2. The topological polar surface area (TPSA) is 59.8 Å². The van der Waals surface area contributed by atoms with Crippen LogP contribution >= 0.6 is 0 Å². The fraction of sp³-hybridized carbons (Fsp3) is 0.500. The Kier molecular flexibility index (Phi) is 5.11. The molecule has 134 valence electrons. The van der Waals surface area contributed by atoms with E-state index in [0.29, 0.717) is 39.0 Å². The molecule has 0 radical (unpaired) electrons. The zero-order valence-corrected chi connectivity index (χ0v) is 15.1. The van der Waals surface area contributed by atoms with Gasteiger partial charge in [0.1, 0.15) is 5.58 Å². The van der Waals surface area contributed by atoms with Gasteiger partial charge < -0.3 is 14.1 Å². The van der Waals surface area contributed by atoms with Crippen LogP contribution in [0.5, 0.6) is 0 Å². The third-order valence-electron chi connectivity index (χ3n) is 5.15. The average molecular weight is 343 g/mol. The van der Waals surface area contributed by atoms with Gasteiger partial charge in [0.2, 0.25) is 5.91 Å². The lowest BCUT2D eigenvalue weighted by Gasteiger charge is -2.30. The number of hydrogen-bond acceptors (Lipinski definition) is 4. The second-order valence-electron chi connectivity index (χ2n) is 6.73. The Hall–Kier alpha value is -2.30. The van der Waals surface area contributed by atoms with Crippen LogP contribution in [-0.2, 0) is 20.7 Å². The largest absolute Gasteiger partial charge is 0.466 e. The molecule has 2 heterocycles. The van der Waals surface area contributed by atoms with Crippen LogP contribution in [0.2, 0.25) is 0 Å². The van der Waals surface area contributed by atoms with Crippen LogP contribution < -0.4 is 0 Å². The van der Waals surface area contributed by atoms with Crippen molar-refractivity contribution in [3.05, 3.63) is 35.1 Å². The molecule has 1 saturated heterocycles. The monoisotopic (exact) mass is 343 g/mol. The molecule has 0 aliphatic carbocycles. The van der Waals surface area contributed by atoms with Crippen molar-refractivity contribution >= 4 is 22.8 Å². The first kappa shape index (κ1) is 17.5. The number of fused-ring (bicyclic) bond motifs is 1. The third kappa shape index (κ3) is 3.55. The number of carbonyl (C=O) groups is 2. The molecule has 0 N–H and O–H groups in total. The number of benzene rings is 1. The molecule has 0 unspecified atom stereocenters. The van der Waals surface area contributed by atoms with E-state index in [-0.39, 0.29) is 17.8 Å². The molecule has 5 nitrogen and oxygen atoms in total. The zero-order chi connectivity index (χ0) is 18.0. The second kappa shape index (κ2) is 7.30. The Morgan fingerprint density at radius 3 is 2.64 bits per heavy atom. The minimum absolute atomic E-state index is 0.0793. The summed E-state index contributed by atoms with van der Waals surface area (Å²) in [5, 5.41) is 1.01. The maximum atomic E-state index is 12.6. The predicted octanol–water partition coefficient (Wildman–Crippen LogP) is 3.39. The molecule has 5 heteroatoms. The molecule has 1 amide bonds. The Morgan fingerprint density at radius 2 is 1.96 bits per heavy atom. The van der Waals surface area contributed by atoms with Crippen molar-refractivity contribution in [3.8, 4) is 0 Å². The Morgan fingerprint density at radius 1 is 1.24 bits per heavy atom. The highest BCUT2D eigenvalue weighted by Gasteiger charge is 2.28. The van der Waals surface area contributed by atoms with Crippen LogP contribution in [0.3, 0.4) is 0 Å². The van der Waals surface area contributed by atoms with Gasteiger partial charge in [-0.2, -0.15) is 0 Å². The Labute approximate surface area is 147 Å². The molecule has 0 saturated carbocycles. The van der Waals surface area contributed by atoms with Gasteiger partial charge in [-0.25, -0.2) is 0 Å². The molecule has 25 heavy (non-hydrogen) atoms. The highest BCUT2D eigenvalue weighted by Crippen LogP contribution is 2.27. The minimum atomic E-state index is -0.138. The summed E-state index contributed by atoms with van der Waals surface area (Å²) >= 11 is 0. The zero-order valence-electron chi connectivity index (χ0n) is 15.1. The van der Waals surface area contributed by atoms with Crippen molar-refractivity contribution in [2.45, 2.75) is 40.0 Å². The van der Waals surface area contributed by atoms with E-state index in [0.717, 1.165) is 22.1 Å². The molecule has 0 atom stereocenters. The normalized spacial score (nSPS) is 15.6. The first-order chi connectivity index (χ1) is 12.0. The number of amides is 1. The number of aryl methyl sites for hydroxylation is 2. The molecule has 2 aromatic rings. The number of rotatable bonds is 4. The summed E-state index contributed by atoms with van der Waals surface area (Å²) in [6.07, 6.45) is 3.38. The first-order valence-corrected chi connectivity index (χ1v) is 8.92. The van der Waals surface area contributed by atoms with Gasteiger partial charge >= 0.3 is 5.97 Å². The Balaban J connectivity index is 1.64. The smallest absolute Gasteiger partial charge is 0.309 e. The van der Waals surface area contributed by atoms with Gasteiger partial charge in [0, 0.05) is 24.0 Å². The molecule has 1 fully saturated rings. The molecule has 1 aliphatic heterocycles. The fourth-order valence-corrected chi connectivity index (χ4v) is 3.42. The van der Waals surface area contributed by atoms with Crippen molar-refractivity contribution in [2.75, 3.05) is 19.7 Å². The van der Waals surface area contributed by atoms with Crippen molar-refractivity contribution in [1.29, 1.82) is 0 Å². The van der Waals surface area contributed by atoms with E-state index < -0.39 is 0 Å². The molecular weight excluding hydrogens is 318 g/mol. The summed E-state index contributed by atoms with van der Waals surface area (Å²) in [6, 6.07) is 4.09. The lowest BCUT2D eigenvalue weighted by molar-refractivity contribution is -0.151. The number of esters is 1. The summed E-state index contributed by atoms with van der Waals surface area (Å²) in [6.45, 7) is 7.52.